The number of hydrogen-bond acceptors (Lipinski definition) is 6. The van der Waals surface area contributed by atoms with Gasteiger partial charge in [0.1, 0.15) is 6.04 Å². The molecule has 1 aromatic rings. The third-order valence-corrected chi connectivity index (χ3v) is 5.22. The van der Waals surface area contributed by atoms with E-state index in [9.17, 15) is 14.4 Å². The zero-order chi connectivity index (χ0) is 20.3. The van der Waals surface area contributed by atoms with Gasteiger partial charge in [0.25, 0.3) is 0 Å². The summed E-state index contributed by atoms with van der Waals surface area (Å²) in [5.41, 5.74) is 0. The maximum Gasteiger partial charge on any atom is 0.245 e. The zero-order valence-corrected chi connectivity index (χ0v) is 16.9. The van der Waals surface area contributed by atoms with Gasteiger partial charge < -0.3 is 19.2 Å². The van der Waals surface area contributed by atoms with Crippen LogP contribution in [0.4, 0.5) is 0 Å². The molecule has 9 nitrogen and oxygen atoms in total. The molecule has 28 heavy (non-hydrogen) atoms. The van der Waals surface area contributed by atoms with Crippen LogP contribution in [0.15, 0.2) is 4.52 Å². The van der Waals surface area contributed by atoms with Crippen LogP contribution < -0.4 is 0 Å². The first-order chi connectivity index (χ1) is 13.3. The number of likely N-dealkylation sites (tertiary alicyclic amines) is 1. The van der Waals surface area contributed by atoms with Gasteiger partial charge in [0, 0.05) is 32.5 Å². The predicted octanol–water partition coefficient (Wildman–Crippen LogP) is 0.840. The van der Waals surface area contributed by atoms with Crippen LogP contribution in [0.25, 0.3) is 0 Å². The molecule has 2 fully saturated rings. The molecule has 0 radical (unpaired) electrons. The Morgan fingerprint density at radius 3 is 2.57 bits per heavy atom. The molecule has 1 aromatic heterocycles. The number of amides is 3. The highest BCUT2D eigenvalue weighted by Gasteiger charge is 2.37. The number of rotatable bonds is 8. The summed E-state index contributed by atoms with van der Waals surface area (Å²) in [6, 6.07) is -0.568. The van der Waals surface area contributed by atoms with Crippen LogP contribution in [-0.4, -0.2) is 74.8 Å². The minimum atomic E-state index is -0.568. The number of carbonyl (C=O) groups excluding carboxylic acids is 3. The van der Waals surface area contributed by atoms with Crippen molar-refractivity contribution >= 4 is 17.7 Å². The second kappa shape index (κ2) is 8.70. The Hall–Kier alpha value is -2.45. The summed E-state index contributed by atoms with van der Waals surface area (Å²) < 4.78 is 5.22. The fraction of sp³-hybridized carbons (Fsp3) is 0.737. The van der Waals surface area contributed by atoms with E-state index in [1.54, 1.807) is 11.8 Å². The monoisotopic (exact) mass is 391 g/mol. The van der Waals surface area contributed by atoms with Gasteiger partial charge in [-0.3, -0.25) is 14.4 Å². The summed E-state index contributed by atoms with van der Waals surface area (Å²) in [7, 11) is 0. The van der Waals surface area contributed by atoms with Gasteiger partial charge in [0.15, 0.2) is 5.82 Å². The molecule has 3 rings (SSSR count). The minimum Gasteiger partial charge on any atom is -0.343 e. The van der Waals surface area contributed by atoms with Gasteiger partial charge in [-0.25, -0.2) is 0 Å². The Morgan fingerprint density at radius 1 is 1.14 bits per heavy atom. The van der Waals surface area contributed by atoms with E-state index in [1.807, 2.05) is 4.90 Å². The van der Waals surface area contributed by atoms with Gasteiger partial charge in [0.2, 0.25) is 23.6 Å². The largest absolute Gasteiger partial charge is 0.343 e. The molecular weight excluding hydrogens is 362 g/mol. The number of aromatic nitrogens is 2. The Kier molecular flexibility index (Phi) is 6.31. The van der Waals surface area contributed by atoms with E-state index in [4.69, 9.17) is 4.52 Å². The van der Waals surface area contributed by atoms with Crippen molar-refractivity contribution in [1.82, 2.24) is 24.8 Å². The van der Waals surface area contributed by atoms with E-state index in [2.05, 4.69) is 24.0 Å². The topological polar surface area (TPSA) is 99.9 Å². The Morgan fingerprint density at radius 2 is 1.89 bits per heavy atom. The Balaban J connectivity index is 1.53. The molecular formula is C19H29N5O4. The lowest BCUT2D eigenvalue weighted by atomic mass is 10.1. The summed E-state index contributed by atoms with van der Waals surface area (Å²) in [6.45, 7) is 7.98. The number of piperazine rings is 1. The standard InChI is InChI=1S/C19H29N5O4/c1-13(2)10-16-20-15(21-28-16)11-24-14(3)19(27)23(12-18(24)26)9-5-8-22-7-4-6-17(22)25/h13-14H,4-12H2,1-3H3/t14-/m0/s1. The molecule has 3 heterocycles. The third kappa shape index (κ3) is 4.69. The lowest BCUT2D eigenvalue weighted by molar-refractivity contribution is -0.155. The maximum absolute atomic E-state index is 12.7. The molecule has 0 bridgehead atoms. The first-order valence-electron chi connectivity index (χ1n) is 10.0. The van der Waals surface area contributed by atoms with Crippen LogP contribution in [0.5, 0.6) is 0 Å². The molecule has 0 N–H and O–H groups in total. The predicted molar refractivity (Wildman–Crippen MR) is 99.9 cm³/mol. The molecule has 0 unspecified atom stereocenters. The van der Waals surface area contributed by atoms with Crippen molar-refractivity contribution in [2.24, 2.45) is 5.92 Å². The van der Waals surface area contributed by atoms with E-state index < -0.39 is 6.04 Å². The summed E-state index contributed by atoms with van der Waals surface area (Å²) in [6.07, 6.45) is 2.88. The normalized spacial score (nSPS) is 20.8. The second-order valence-corrected chi connectivity index (χ2v) is 8.00. The lowest BCUT2D eigenvalue weighted by Gasteiger charge is -2.38. The lowest BCUT2D eigenvalue weighted by Crippen LogP contribution is -2.58. The average molecular weight is 391 g/mol. The molecule has 0 aliphatic carbocycles. The summed E-state index contributed by atoms with van der Waals surface area (Å²) in [4.78, 5) is 46.2. The molecule has 9 heteroatoms. The molecule has 1 atom stereocenters. The number of hydrogen-bond donors (Lipinski definition) is 0. The van der Waals surface area contributed by atoms with Crippen LogP contribution in [0, 0.1) is 5.92 Å². The van der Waals surface area contributed by atoms with Crippen molar-refractivity contribution in [3.8, 4) is 0 Å². The smallest absolute Gasteiger partial charge is 0.245 e. The van der Waals surface area contributed by atoms with E-state index in [0.717, 1.165) is 13.0 Å². The van der Waals surface area contributed by atoms with E-state index >= 15 is 0 Å². The van der Waals surface area contributed by atoms with Gasteiger partial charge in [-0.15, -0.1) is 0 Å². The van der Waals surface area contributed by atoms with Gasteiger partial charge >= 0.3 is 0 Å². The van der Waals surface area contributed by atoms with Gasteiger partial charge in [-0.05, 0) is 25.7 Å². The van der Waals surface area contributed by atoms with Crippen LogP contribution in [0.3, 0.4) is 0 Å². The average Bonchev–Trinajstić information content (AvgIpc) is 3.24. The van der Waals surface area contributed by atoms with E-state index in [0.29, 0.717) is 50.0 Å². The molecule has 2 aliphatic rings. The minimum absolute atomic E-state index is 0.0494. The highest BCUT2D eigenvalue weighted by atomic mass is 16.5. The van der Waals surface area contributed by atoms with Crippen LogP contribution in [0.1, 0.15) is 51.7 Å². The Bertz CT molecular complexity index is 732. The molecule has 2 saturated heterocycles. The Labute approximate surface area is 165 Å². The SMILES string of the molecule is CC(C)Cc1nc(CN2C(=O)CN(CCCN3CCCC3=O)C(=O)[C@@H]2C)no1. The quantitative estimate of drug-likeness (QED) is 0.651. The van der Waals surface area contributed by atoms with Crippen molar-refractivity contribution in [1.29, 1.82) is 0 Å². The zero-order valence-electron chi connectivity index (χ0n) is 16.9. The molecule has 154 valence electrons. The van der Waals surface area contributed by atoms with E-state index in [1.165, 1.54) is 4.90 Å². The van der Waals surface area contributed by atoms with Crippen molar-refractivity contribution < 1.29 is 18.9 Å². The molecule has 0 saturated carbocycles. The summed E-state index contributed by atoms with van der Waals surface area (Å²) in [5.74, 6) is 1.33. The van der Waals surface area contributed by atoms with Crippen molar-refractivity contribution in [2.45, 2.75) is 59.0 Å². The van der Waals surface area contributed by atoms with Gasteiger partial charge in [-0.2, -0.15) is 4.98 Å². The van der Waals surface area contributed by atoms with Crippen molar-refractivity contribution in [3.05, 3.63) is 11.7 Å². The second-order valence-electron chi connectivity index (χ2n) is 8.00. The molecule has 2 aliphatic heterocycles. The molecule has 0 aromatic carbocycles. The van der Waals surface area contributed by atoms with E-state index in [-0.39, 0.29) is 30.8 Å². The first-order valence-corrected chi connectivity index (χ1v) is 10.0. The first kappa shape index (κ1) is 20.3. The van der Waals surface area contributed by atoms with Crippen molar-refractivity contribution in [2.75, 3.05) is 26.2 Å². The van der Waals surface area contributed by atoms with Crippen LogP contribution >= 0.6 is 0 Å². The molecule has 3 amide bonds. The highest BCUT2D eigenvalue weighted by Crippen LogP contribution is 2.17. The summed E-state index contributed by atoms with van der Waals surface area (Å²) >= 11 is 0. The fourth-order valence-electron chi connectivity index (χ4n) is 3.69. The summed E-state index contributed by atoms with van der Waals surface area (Å²) in [5, 5.41) is 3.93. The molecule has 0 spiro atoms. The van der Waals surface area contributed by atoms with Crippen LogP contribution in [0.2, 0.25) is 0 Å². The number of nitrogens with zero attached hydrogens (tertiary/aromatic N) is 5. The van der Waals surface area contributed by atoms with Gasteiger partial charge in [0.05, 0.1) is 13.1 Å². The van der Waals surface area contributed by atoms with Crippen LogP contribution in [-0.2, 0) is 27.3 Å². The van der Waals surface area contributed by atoms with Crippen molar-refractivity contribution in [3.63, 3.8) is 0 Å². The number of carbonyl (C=O) groups is 3. The van der Waals surface area contributed by atoms with Gasteiger partial charge in [-0.1, -0.05) is 19.0 Å². The fourth-order valence-corrected chi connectivity index (χ4v) is 3.69. The highest BCUT2D eigenvalue weighted by molar-refractivity contribution is 5.94. The maximum atomic E-state index is 12.7. The third-order valence-electron chi connectivity index (χ3n) is 5.22.